The number of hydrogen-bond donors (Lipinski definition) is 2. The molecule has 1 fully saturated rings. The first kappa shape index (κ1) is 16.4. The third-order valence-corrected chi connectivity index (χ3v) is 3.48. The van der Waals surface area contributed by atoms with Crippen LogP contribution in [0.5, 0.6) is 0 Å². The second-order valence-electron chi connectivity index (χ2n) is 5.21. The Kier molecular flexibility index (Phi) is 6.29. The predicted molar refractivity (Wildman–Crippen MR) is 78.9 cm³/mol. The first-order valence-electron chi connectivity index (χ1n) is 7.31. The third kappa shape index (κ3) is 5.42. The number of amides is 2. The zero-order chi connectivity index (χ0) is 15.8. The smallest absolute Gasteiger partial charge is 0.243 e. The van der Waals surface area contributed by atoms with Crippen LogP contribution < -0.4 is 11.1 Å². The van der Waals surface area contributed by atoms with E-state index in [0.717, 1.165) is 5.56 Å². The largest absolute Gasteiger partial charge is 0.379 e. The summed E-state index contributed by atoms with van der Waals surface area (Å²) in [4.78, 5) is 26.8. The number of aryl methyl sites for hydroxylation is 1. The summed E-state index contributed by atoms with van der Waals surface area (Å²) in [6.07, 6.45) is 4.78. The van der Waals surface area contributed by atoms with Crippen LogP contribution in [-0.4, -0.2) is 48.8 Å². The van der Waals surface area contributed by atoms with Crippen molar-refractivity contribution in [1.82, 2.24) is 10.3 Å². The van der Waals surface area contributed by atoms with E-state index in [-0.39, 0.29) is 24.7 Å². The average Bonchev–Trinajstić information content (AvgIpc) is 2.53. The van der Waals surface area contributed by atoms with Crippen LogP contribution in [0, 0.1) is 0 Å². The Labute approximate surface area is 129 Å². The molecule has 0 bridgehead atoms. The summed E-state index contributed by atoms with van der Waals surface area (Å²) in [7, 11) is 0. The number of aromatic nitrogens is 1. The minimum atomic E-state index is -0.534. The molecule has 7 nitrogen and oxygen atoms in total. The van der Waals surface area contributed by atoms with E-state index in [1.165, 1.54) is 0 Å². The van der Waals surface area contributed by atoms with Gasteiger partial charge in [-0.3, -0.25) is 14.6 Å². The van der Waals surface area contributed by atoms with Crippen molar-refractivity contribution in [3.05, 3.63) is 30.1 Å². The van der Waals surface area contributed by atoms with Crippen molar-refractivity contribution >= 4 is 11.8 Å². The number of pyridine rings is 1. The summed E-state index contributed by atoms with van der Waals surface area (Å²) in [5.41, 5.74) is 6.14. The van der Waals surface area contributed by atoms with Gasteiger partial charge in [0.2, 0.25) is 11.8 Å². The number of rotatable bonds is 7. The molecule has 7 heteroatoms. The zero-order valence-corrected chi connectivity index (χ0v) is 12.4. The van der Waals surface area contributed by atoms with Crippen LogP contribution in [0.15, 0.2) is 24.5 Å². The lowest BCUT2D eigenvalue weighted by molar-refractivity contribution is -0.132. The molecule has 0 aliphatic carbocycles. The maximum atomic E-state index is 12.1. The van der Waals surface area contributed by atoms with Crippen molar-refractivity contribution < 1.29 is 19.1 Å². The van der Waals surface area contributed by atoms with Gasteiger partial charge >= 0.3 is 0 Å². The molecule has 2 heterocycles. The van der Waals surface area contributed by atoms with Crippen LogP contribution in [0.3, 0.4) is 0 Å². The van der Waals surface area contributed by atoms with Crippen LogP contribution >= 0.6 is 0 Å². The van der Waals surface area contributed by atoms with E-state index < -0.39 is 5.91 Å². The highest BCUT2D eigenvalue weighted by atomic mass is 16.5. The van der Waals surface area contributed by atoms with E-state index in [1.807, 2.05) is 12.1 Å². The fourth-order valence-electron chi connectivity index (χ4n) is 2.32. The minimum absolute atomic E-state index is 0.0450. The van der Waals surface area contributed by atoms with Crippen LogP contribution in [-0.2, 0) is 25.5 Å². The Morgan fingerprint density at radius 2 is 2.18 bits per heavy atom. The highest BCUT2D eigenvalue weighted by Crippen LogP contribution is 2.12. The van der Waals surface area contributed by atoms with Gasteiger partial charge in [0.1, 0.15) is 12.7 Å². The monoisotopic (exact) mass is 307 g/mol. The number of hydrogen-bond acceptors (Lipinski definition) is 5. The van der Waals surface area contributed by atoms with E-state index in [4.69, 9.17) is 15.2 Å². The fourth-order valence-corrected chi connectivity index (χ4v) is 2.32. The molecule has 3 N–H and O–H groups in total. The number of carbonyl (C=O) groups is 2. The first-order valence-corrected chi connectivity index (χ1v) is 7.31. The Balaban J connectivity index is 1.79. The first-order chi connectivity index (χ1) is 10.6. The second kappa shape index (κ2) is 8.45. The molecule has 120 valence electrons. The summed E-state index contributed by atoms with van der Waals surface area (Å²) in [5.74, 6) is -0.579. The SMILES string of the molecule is NC(=O)CO[C@@H]1COCC[C@H]1NC(=O)CCc1ccncc1. The Morgan fingerprint density at radius 1 is 1.41 bits per heavy atom. The maximum Gasteiger partial charge on any atom is 0.243 e. The molecule has 0 unspecified atom stereocenters. The molecule has 0 radical (unpaired) electrons. The number of carbonyl (C=O) groups excluding carboxylic acids is 2. The molecule has 0 aromatic carbocycles. The number of ether oxygens (including phenoxy) is 2. The molecule has 2 amide bonds. The van der Waals surface area contributed by atoms with Crippen molar-refractivity contribution in [2.24, 2.45) is 5.73 Å². The highest BCUT2D eigenvalue weighted by molar-refractivity contribution is 5.76. The van der Waals surface area contributed by atoms with Gasteiger partial charge in [0.25, 0.3) is 0 Å². The molecule has 0 spiro atoms. The van der Waals surface area contributed by atoms with Gasteiger partial charge in [0.05, 0.1) is 12.6 Å². The van der Waals surface area contributed by atoms with Crippen LogP contribution in [0.4, 0.5) is 0 Å². The van der Waals surface area contributed by atoms with E-state index in [2.05, 4.69) is 10.3 Å². The summed E-state index contributed by atoms with van der Waals surface area (Å²) >= 11 is 0. The molecule has 2 rings (SSSR count). The van der Waals surface area contributed by atoms with Gasteiger partial charge in [0.15, 0.2) is 0 Å². The molecule has 1 aliphatic heterocycles. The summed E-state index contributed by atoms with van der Waals surface area (Å²) in [6, 6.07) is 3.62. The molecule has 1 aliphatic rings. The molecule has 1 aromatic rings. The summed E-state index contributed by atoms with van der Waals surface area (Å²) in [5, 5.41) is 2.95. The van der Waals surface area contributed by atoms with E-state index >= 15 is 0 Å². The molecule has 1 saturated heterocycles. The normalized spacial score (nSPS) is 21.3. The third-order valence-electron chi connectivity index (χ3n) is 3.48. The van der Waals surface area contributed by atoms with Gasteiger partial charge in [-0.2, -0.15) is 0 Å². The van der Waals surface area contributed by atoms with Gasteiger partial charge in [-0.25, -0.2) is 0 Å². The molecule has 1 aromatic heterocycles. The number of nitrogens with one attached hydrogen (secondary N) is 1. The zero-order valence-electron chi connectivity index (χ0n) is 12.4. The van der Waals surface area contributed by atoms with Crippen molar-refractivity contribution in [2.45, 2.75) is 31.4 Å². The average molecular weight is 307 g/mol. The van der Waals surface area contributed by atoms with E-state index in [9.17, 15) is 9.59 Å². The van der Waals surface area contributed by atoms with Crippen molar-refractivity contribution in [2.75, 3.05) is 19.8 Å². The van der Waals surface area contributed by atoms with Crippen LogP contribution in [0.1, 0.15) is 18.4 Å². The summed E-state index contributed by atoms with van der Waals surface area (Å²) < 4.78 is 10.7. The van der Waals surface area contributed by atoms with Crippen molar-refractivity contribution in [3.63, 3.8) is 0 Å². The molecule has 0 saturated carbocycles. The van der Waals surface area contributed by atoms with Crippen molar-refractivity contribution in [3.8, 4) is 0 Å². The quantitative estimate of drug-likeness (QED) is 0.725. The highest BCUT2D eigenvalue weighted by Gasteiger charge is 2.28. The number of nitrogens with two attached hydrogens (primary N) is 1. The molecule has 22 heavy (non-hydrogen) atoms. The van der Waals surface area contributed by atoms with Crippen LogP contribution in [0.2, 0.25) is 0 Å². The number of primary amides is 1. The Bertz CT molecular complexity index is 495. The minimum Gasteiger partial charge on any atom is -0.379 e. The lowest BCUT2D eigenvalue weighted by Crippen LogP contribution is -2.50. The topological polar surface area (TPSA) is 104 Å². The van der Waals surface area contributed by atoms with E-state index in [1.54, 1.807) is 12.4 Å². The summed E-state index contributed by atoms with van der Waals surface area (Å²) in [6.45, 7) is 0.742. The van der Waals surface area contributed by atoms with E-state index in [0.29, 0.717) is 32.5 Å². The second-order valence-corrected chi connectivity index (χ2v) is 5.21. The van der Waals surface area contributed by atoms with Gasteiger partial charge in [-0.15, -0.1) is 0 Å². The predicted octanol–water partition coefficient (Wildman–Crippen LogP) is -0.210. The standard InChI is InChI=1S/C15H21N3O4/c16-14(19)10-22-13-9-21-8-5-12(13)18-15(20)2-1-11-3-6-17-7-4-11/h3-4,6-7,12-13H,1-2,5,8-10H2,(H2,16,19)(H,18,20)/t12-,13-/m1/s1. The lowest BCUT2D eigenvalue weighted by atomic mass is 10.1. The Hall–Kier alpha value is -1.99. The molecule has 2 atom stereocenters. The lowest BCUT2D eigenvalue weighted by Gasteiger charge is -2.31. The van der Waals surface area contributed by atoms with Gasteiger partial charge in [-0.05, 0) is 30.5 Å². The van der Waals surface area contributed by atoms with Crippen LogP contribution in [0.25, 0.3) is 0 Å². The number of nitrogens with zero attached hydrogens (tertiary/aromatic N) is 1. The van der Waals surface area contributed by atoms with Crippen molar-refractivity contribution in [1.29, 1.82) is 0 Å². The molecular weight excluding hydrogens is 286 g/mol. The van der Waals surface area contributed by atoms with Gasteiger partial charge < -0.3 is 20.5 Å². The fraction of sp³-hybridized carbons (Fsp3) is 0.533. The maximum absolute atomic E-state index is 12.1. The molecular formula is C15H21N3O4. The Morgan fingerprint density at radius 3 is 2.91 bits per heavy atom. The van der Waals surface area contributed by atoms with Gasteiger partial charge in [-0.1, -0.05) is 0 Å². The van der Waals surface area contributed by atoms with Gasteiger partial charge in [0, 0.05) is 25.4 Å².